The molecule has 0 aliphatic carbocycles. The molecular weight excluding hydrogens is 349 g/mol. The fourth-order valence-electron chi connectivity index (χ4n) is 2.02. The molecule has 2 atom stereocenters. The third-order valence-electron chi connectivity index (χ3n) is 2.98. The van der Waals surface area contributed by atoms with Crippen molar-refractivity contribution in [3.8, 4) is 6.01 Å². The monoisotopic (exact) mass is 365 g/mol. The molecule has 1 N–H and O–H groups in total. The minimum Gasteiger partial charge on any atom is -0.467 e. The van der Waals surface area contributed by atoms with Crippen LogP contribution < -0.4 is 9.64 Å². The van der Waals surface area contributed by atoms with E-state index in [1.54, 1.807) is 7.11 Å². The first-order valence-electron chi connectivity index (χ1n) is 5.73. The fourth-order valence-corrected chi connectivity index (χ4v) is 2.51. The molecule has 0 saturated carbocycles. The summed E-state index contributed by atoms with van der Waals surface area (Å²) in [6, 6.07) is 2.13. The Morgan fingerprint density at radius 3 is 3.06 bits per heavy atom. The van der Waals surface area contributed by atoms with Crippen LogP contribution in [0.15, 0.2) is 6.07 Å². The first-order chi connectivity index (χ1) is 8.65. The standard InChI is InChI=1S/C11H16IN3O3/c1-7-8(6-16)15(3-4-18-7)10-5-9(12)13-11(14-10)17-2/h5,7-8,16H,3-4,6H2,1-2H3. The van der Waals surface area contributed by atoms with Crippen LogP contribution in [0.1, 0.15) is 6.92 Å². The molecule has 100 valence electrons. The van der Waals surface area contributed by atoms with E-state index >= 15 is 0 Å². The molecule has 1 aliphatic rings. The smallest absolute Gasteiger partial charge is 0.319 e. The van der Waals surface area contributed by atoms with Crippen molar-refractivity contribution in [1.82, 2.24) is 9.97 Å². The van der Waals surface area contributed by atoms with E-state index < -0.39 is 0 Å². The van der Waals surface area contributed by atoms with Gasteiger partial charge in [-0.3, -0.25) is 0 Å². The van der Waals surface area contributed by atoms with Gasteiger partial charge in [-0.1, -0.05) is 0 Å². The van der Waals surface area contributed by atoms with E-state index in [-0.39, 0.29) is 18.8 Å². The summed E-state index contributed by atoms with van der Waals surface area (Å²) in [5, 5.41) is 9.49. The van der Waals surface area contributed by atoms with Crippen LogP contribution in [0.4, 0.5) is 5.82 Å². The molecule has 0 amide bonds. The Hall–Kier alpha value is -0.670. The van der Waals surface area contributed by atoms with Gasteiger partial charge in [-0.05, 0) is 29.5 Å². The van der Waals surface area contributed by atoms with Gasteiger partial charge < -0.3 is 19.5 Å². The van der Waals surface area contributed by atoms with E-state index in [1.807, 2.05) is 17.9 Å². The van der Waals surface area contributed by atoms with Crippen molar-refractivity contribution in [2.75, 3.05) is 31.8 Å². The van der Waals surface area contributed by atoms with Crippen molar-refractivity contribution in [2.45, 2.75) is 19.1 Å². The molecule has 1 saturated heterocycles. The lowest BCUT2D eigenvalue weighted by Gasteiger charge is -2.39. The molecule has 1 aromatic rings. The SMILES string of the molecule is COc1nc(I)cc(N2CCOC(C)C2CO)n1. The molecule has 18 heavy (non-hydrogen) atoms. The van der Waals surface area contributed by atoms with Gasteiger partial charge in [0.2, 0.25) is 0 Å². The molecule has 0 bridgehead atoms. The van der Waals surface area contributed by atoms with Crippen LogP contribution in [0, 0.1) is 3.70 Å². The van der Waals surface area contributed by atoms with E-state index in [9.17, 15) is 5.11 Å². The van der Waals surface area contributed by atoms with Gasteiger partial charge in [-0.25, -0.2) is 0 Å². The van der Waals surface area contributed by atoms with Crippen molar-refractivity contribution in [3.05, 3.63) is 9.77 Å². The average molecular weight is 365 g/mol. The number of rotatable bonds is 3. The zero-order chi connectivity index (χ0) is 13.1. The maximum atomic E-state index is 9.49. The highest BCUT2D eigenvalue weighted by Gasteiger charge is 2.30. The first kappa shape index (κ1) is 13.8. The van der Waals surface area contributed by atoms with E-state index in [0.717, 1.165) is 9.52 Å². The highest BCUT2D eigenvalue weighted by molar-refractivity contribution is 14.1. The van der Waals surface area contributed by atoms with Crippen LogP contribution in [-0.4, -0.2) is 54.1 Å². The zero-order valence-electron chi connectivity index (χ0n) is 10.3. The maximum Gasteiger partial charge on any atom is 0.319 e. The highest BCUT2D eigenvalue weighted by atomic mass is 127. The summed E-state index contributed by atoms with van der Waals surface area (Å²) in [6.45, 7) is 3.31. The van der Waals surface area contributed by atoms with Crippen molar-refractivity contribution < 1.29 is 14.6 Å². The van der Waals surface area contributed by atoms with E-state index in [1.165, 1.54) is 0 Å². The van der Waals surface area contributed by atoms with Gasteiger partial charge in [0, 0.05) is 12.6 Å². The Kier molecular flexibility index (Phi) is 4.57. The molecule has 7 heteroatoms. The number of methoxy groups -OCH3 is 1. The number of nitrogens with zero attached hydrogens (tertiary/aromatic N) is 3. The molecule has 0 aromatic carbocycles. The number of aliphatic hydroxyl groups excluding tert-OH is 1. The van der Waals surface area contributed by atoms with E-state index in [4.69, 9.17) is 9.47 Å². The second kappa shape index (κ2) is 5.98. The minimum atomic E-state index is -0.0887. The van der Waals surface area contributed by atoms with Crippen LogP contribution in [0.3, 0.4) is 0 Å². The van der Waals surface area contributed by atoms with Crippen LogP contribution in [-0.2, 0) is 4.74 Å². The zero-order valence-corrected chi connectivity index (χ0v) is 12.5. The molecule has 2 unspecified atom stereocenters. The number of aromatic nitrogens is 2. The van der Waals surface area contributed by atoms with Gasteiger partial charge in [0.25, 0.3) is 0 Å². The quantitative estimate of drug-likeness (QED) is 0.628. The molecule has 2 heterocycles. The topological polar surface area (TPSA) is 67.7 Å². The molecule has 1 aromatic heterocycles. The fraction of sp³-hybridized carbons (Fsp3) is 0.636. The molecule has 6 nitrogen and oxygen atoms in total. The number of anilines is 1. The van der Waals surface area contributed by atoms with Crippen LogP contribution >= 0.6 is 22.6 Å². The summed E-state index contributed by atoms with van der Waals surface area (Å²) in [5.41, 5.74) is 0. The van der Waals surface area contributed by atoms with E-state index in [2.05, 4.69) is 32.6 Å². The number of halogens is 1. The lowest BCUT2D eigenvalue weighted by molar-refractivity contribution is 0.00753. The Morgan fingerprint density at radius 2 is 2.39 bits per heavy atom. The number of morpholine rings is 1. The molecule has 1 aliphatic heterocycles. The Labute approximate surface area is 119 Å². The lowest BCUT2D eigenvalue weighted by atomic mass is 10.1. The third-order valence-corrected chi connectivity index (χ3v) is 3.53. The second-order valence-electron chi connectivity index (χ2n) is 4.05. The van der Waals surface area contributed by atoms with Gasteiger partial charge in [0.05, 0.1) is 32.5 Å². The minimum absolute atomic E-state index is 0.0256. The predicted octanol–water partition coefficient (Wildman–Crippen LogP) is 0.676. The summed E-state index contributed by atoms with van der Waals surface area (Å²) in [7, 11) is 1.54. The highest BCUT2D eigenvalue weighted by Crippen LogP contribution is 2.23. The van der Waals surface area contributed by atoms with Crippen LogP contribution in [0.25, 0.3) is 0 Å². The van der Waals surface area contributed by atoms with Crippen LogP contribution in [0.2, 0.25) is 0 Å². The van der Waals surface area contributed by atoms with Crippen molar-refractivity contribution in [3.63, 3.8) is 0 Å². The van der Waals surface area contributed by atoms with E-state index in [0.29, 0.717) is 19.2 Å². The van der Waals surface area contributed by atoms with Crippen LogP contribution in [0.5, 0.6) is 6.01 Å². The predicted molar refractivity (Wildman–Crippen MR) is 74.9 cm³/mol. The second-order valence-corrected chi connectivity index (χ2v) is 5.16. The average Bonchev–Trinajstić information content (AvgIpc) is 2.37. The molecule has 0 spiro atoms. The number of hydrogen-bond acceptors (Lipinski definition) is 6. The van der Waals surface area contributed by atoms with Crippen molar-refractivity contribution in [1.29, 1.82) is 0 Å². The molecule has 0 radical (unpaired) electrons. The summed E-state index contributed by atoms with van der Waals surface area (Å²) in [5.74, 6) is 0.764. The lowest BCUT2D eigenvalue weighted by Crippen LogP contribution is -2.52. The largest absolute Gasteiger partial charge is 0.467 e. The van der Waals surface area contributed by atoms with Gasteiger partial charge in [-0.15, -0.1) is 0 Å². The summed E-state index contributed by atoms with van der Waals surface area (Å²) in [6.07, 6.45) is -0.0256. The third kappa shape index (κ3) is 2.83. The van der Waals surface area contributed by atoms with Gasteiger partial charge in [0.1, 0.15) is 9.52 Å². The summed E-state index contributed by atoms with van der Waals surface area (Å²) >= 11 is 2.12. The molecule has 1 fully saturated rings. The summed E-state index contributed by atoms with van der Waals surface area (Å²) in [4.78, 5) is 10.5. The number of aliphatic hydroxyl groups is 1. The number of hydrogen-bond donors (Lipinski definition) is 1. The van der Waals surface area contributed by atoms with Crippen molar-refractivity contribution in [2.24, 2.45) is 0 Å². The first-order valence-corrected chi connectivity index (χ1v) is 6.81. The van der Waals surface area contributed by atoms with Gasteiger partial charge in [-0.2, -0.15) is 9.97 Å². The van der Waals surface area contributed by atoms with Gasteiger partial charge >= 0.3 is 6.01 Å². The summed E-state index contributed by atoms with van der Waals surface area (Å²) < 4.78 is 11.4. The Morgan fingerprint density at radius 1 is 1.61 bits per heavy atom. The van der Waals surface area contributed by atoms with Crippen molar-refractivity contribution >= 4 is 28.4 Å². The number of ether oxygens (including phenoxy) is 2. The molecular formula is C11H16IN3O3. The Bertz CT molecular complexity index is 419. The molecule has 2 rings (SSSR count). The van der Waals surface area contributed by atoms with Gasteiger partial charge in [0.15, 0.2) is 0 Å². The Balaban J connectivity index is 2.31. The maximum absolute atomic E-state index is 9.49. The normalized spacial score (nSPS) is 24.1.